The summed E-state index contributed by atoms with van der Waals surface area (Å²) >= 11 is 12.7. The van der Waals surface area contributed by atoms with Crippen molar-refractivity contribution in [2.75, 3.05) is 5.32 Å². The summed E-state index contributed by atoms with van der Waals surface area (Å²) in [4.78, 5) is 40.4. The number of aromatic amines is 2. The molecule has 0 spiro atoms. The molecule has 0 aliphatic rings. The van der Waals surface area contributed by atoms with E-state index in [4.69, 9.17) is 27.9 Å². The Bertz CT molecular complexity index is 1430. The quantitative estimate of drug-likeness (QED) is 0.404. The highest BCUT2D eigenvalue weighted by atomic mass is 35.5. The van der Waals surface area contributed by atoms with Gasteiger partial charge in [0.25, 0.3) is 5.91 Å². The van der Waals surface area contributed by atoms with Gasteiger partial charge in [0.15, 0.2) is 5.75 Å². The molecule has 2 aromatic carbocycles. The summed E-state index contributed by atoms with van der Waals surface area (Å²) in [6.07, 6.45) is 0. The van der Waals surface area contributed by atoms with E-state index >= 15 is 0 Å². The third-order valence-corrected chi connectivity index (χ3v) is 5.02. The molecule has 3 N–H and O–H groups in total. The molecule has 0 saturated heterocycles. The van der Waals surface area contributed by atoms with Crippen LogP contribution in [0, 0.1) is 0 Å². The van der Waals surface area contributed by atoms with Gasteiger partial charge < -0.3 is 15.0 Å². The number of hydrogen-bond donors (Lipinski definition) is 3. The van der Waals surface area contributed by atoms with Crippen LogP contribution in [0.3, 0.4) is 0 Å². The minimum Gasteiger partial charge on any atom is -0.454 e. The number of nitrogens with zero attached hydrogens (tertiary/aromatic N) is 2. The first kappa shape index (κ1) is 21.7. The van der Waals surface area contributed by atoms with E-state index in [1.807, 2.05) is 20.8 Å². The van der Waals surface area contributed by atoms with E-state index in [9.17, 15) is 14.4 Å². The number of carbonyl (C=O) groups excluding carboxylic acids is 1. The average molecular weight is 478 g/mol. The second-order valence-electron chi connectivity index (χ2n) is 7.88. The molecule has 0 aliphatic carbocycles. The highest BCUT2D eigenvalue weighted by molar-refractivity contribution is 6.37. The number of amides is 1. The predicted molar refractivity (Wildman–Crippen MR) is 119 cm³/mol. The van der Waals surface area contributed by atoms with E-state index in [-0.39, 0.29) is 33.0 Å². The van der Waals surface area contributed by atoms with E-state index in [2.05, 4.69) is 25.0 Å². The minimum absolute atomic E-state index is 0.129. The second-order valence-corrected chi connectivity index (χ2v) is 8.70. The Kier molecular flexibility index (Phi) is 5.35. The summed E-state index contributed by atoms with van der Waals surface area (Å²) in [5.41, 5.74) is 0.909. The molecule has 0 fully saturated rings. The molecule has 0 saturated carbocycles. The maximum atomic E-state index is 12.4. The Morgan fingerprint density at radius 2 is 1.81 bits per heavy atom. The van der Waals surface area contributed by atoms with Crippen LogP contribution in [0.2, 0.25) is 10.0 Å². The van der Waals surface area contributed by atoms with Crippen molar-refractivity contribution in [3.63, 3.8) is 0 Å². The van der Waals surface area contributed by atoms with Crippen molar-refractivity contribution in [3.8, 4) is 11.5 Å². The number of H-pyrrole nitrogens is 2. The topological polar surface area (TPSA) is 135 Å². The van der Waals surface area contributed by atoms with E-state index in [1.54, 1.807) is 22.8 Å². The van der Waals surface area contributed by atoms with Gasteiger partial charge in [-0.25, -0.2) is 9.59 Å². The van der Waals surface area contributed by atoms with E-state index in [0.717, 1.165) is 0 Å². The molecular weight excluding hydrogens is 461 g/mol. The normalized spacial score (nSPS) is 11.7. The van der Waals surface area contributed by atoms with Gasteiger partial charge in [0.05, 0.1) is 21.1 Å². The highest BCUT2D eigenvalue weighted by Crippen LogP contribution is 2.39. The lowest BCUT2D eigenvalue weighted by atomic mass is 10.1. The number of aromatic nitrogens is 4. The lowest BCUT2D eigenvalue weighted by Crippen LogP contribution is -2.31. The highest BCUT2D eigenvalue weighted by Gasteiger charge is 2.21. The molecule has 4 aromatic rings. The Labute approximate surface area is 190 Å². The van der Waals surface area contributed by atoms with E-state index in [0.29, 0.717) is 16.8 Å². The molecule has 1 amide bonds. The van der Waals surface area contributed by atoms with Crippen LogP contribution >= 0.6 is 23.2 Å². The number of fused-ring (bicyclic) bond motifs is 1. The van der Waals surface area contributed by atoms with Gasteiger partial charge in [-0.2, -0.15) is 0 Å². The number of carbonyl (C=O) groups is 1. The van der Waals surface area contributed by atoms with Crippen LogP contribution in [0.5, 0.6) is 11.5 Å². The Hall–Kier alpha value is -3.50. The molecule has 0 bridgehead atoms. The summed E-state index contributed by atoms with van der Waals surface area (Å²) < 4.78 is 11.8. The molecule has 32 heavy (non-hydrogen) atoms. The lowest BCUT2D eigenvalue weighted by molar-refractivity contribution is 0.101. The standard InChI is InChI=1S/C20H17Cl2N5O5/c1-20(2,3)27-14-8-10(4-5-13(14)24-18(27)29)31-15-11(21)6-9(7-12(15)22)23-17(28)16-25-19(30)32-26-16/h4-8H,1-3H3,(H,23,28)(H,24,29)(H,25,26,30). The Morgan fingerprint density at radius 3 is 2.41 bits per heavy atom. The first-order chi connectivity index (χ1) is 15.0. The largest absolute Gasteiger partial charge is 0.454 e. The van der Waals surface area contributed by atoms with Gasteiger partial charge in [-0.3, -0.25) is 18.9 Å². The number of anilines is 1. The SMILES string of the molecule is CC(C)(C)n1c(=O)[nH]c2ccc(Oc3c(Cl)cc(NC(=O)c4noc(=O)[nH]4)cc3Cl)cc21. The van der Waals surface area contributed by atoms with Gasteiger partial charge in [0.2, 0.25) is 5.82 Å². The molecule has 0 radical (unpaired) electrons. The number of nitrogens with one attached hydrogen (secondary N) is 3. The van der Waals surface area contributed by atoms with Crippen LogP contribution in [0.25, 0.3) is 11.0 Å². The van der Waals surface area contributed by atoms with Gasteiger partial charge in [0.1, 0.15) is 5.75 Å². The van der Waals surface area contributed by atoms with Gasteiger partial charge >= 0.3 is 11.4 Å². The maximum absolute atomic E-state index is 12.4. The molecule has 10 nitrogen and oxygen atoms in total. The number of benzene rings is 2. The summed E-state index contributed by atoms with van der Waals surface area (Å²) in [5, 5.41) is 6.06. The molecule has 4 rings (SSSR count). The molecule has 2 heterocycles. The number of imidazole rings is 1. The first-order valence-electron chi connectivity index (χ1n) is 9.32. The number of hydrogen-bond acceptors (Lipinski definition) is 6. The van der Waals surface area contributed by atoms with Gasteiger partial charge in [0, 0.05) is 17.3 Å². The van der Waals surface area contributed by atoms with E-state index < -0.39 is 17.2 Å². The minimum atomic E-state index is -0.855. The van der Waals surface area contributed by atoms with Crippen molar-refractivity contribution in [1.29, 1.82) is 0 Å². The summed E-state index contributed by atoms with van der Waals surface area (Å²) in [7, 11) is 0. The summed E-state index contributed by atoms with van der Waals surface area (Å²) in [5.74, 6) is -1.29. The molecule has 0 atom stereocenters. The zero-order valence-corrected chi connectivity index (χ0v) is 18.6. The summed E-state index contributed by atoms with van der Waals surface area (Å²) in [6, 6.07) is 7.97. The van der Waals surface area contributed by atoms with Crippen molar-refractivity contribution < 1.29 is 14.1 Å². The molecule has 2 aromatic heterocycles. The van der Waals surface area contributed by atoms with Crippen LogP contribution in [0.4, 0.5) is 5.69 Å². The molecular formula is C20H17Cl2N5O5. The molecule has 12 heteroatoms. The van der Waals surface area contributed by atoms with Gasteiger partial charge in [-0.1, -0.05) is 23.2 Å². The van der Waals surface area contributed by atoms with Crippen molar-refractivity contribution in [2.24, 2.45) is 0 Å². The second kappa shape index (κ2) is 7.88. The van der Waals surface area contributed by atoms with Crippen molar-refractivity contribution >= 4 is 45.8 Å². The maximum Gasteiger partial charge on any atom is 0.439 e. The zero-order chi connectivity index (χ0) is 23.2. The number of ether oxygens (including phenoxy) is 1. The van der Waals surface area contributed by atoms with Gasteiger partial charge in [-0.15, -0.1) is 0 Å². The Morgan fingerprint density at radius 1 is 1.12 bits per heavy atom. The number of halogens is 2. The smallest absolute Gasteiger partial charge is 0.439 e. The first-order valence-corrected chi connectivity index (χ1v) is 10.1. The summed E-state index contributed by atoms with van der Waals surface area (Å²) in [6.45, 7) is 5.76. The number of rotatable bonds is 4. The monoisotopic (exact) mass is 477 g/mol. The van der Waals surface area contributed by atoms with Crippen molar-refractivity contribution in [1.82, 2.24) is 19.7 Å². The van der Waals surface area contributed by atoms with Crippen molar-refractivity contribution in [3.05, 3.63) is 67.2 Å². The van der Waals surface area contributed by atoms with Gasteiger partial charge in [-0.05, 0) is 50.2 Å². The predicted octanol–water partition coefficient (Wildman–Crippen LogP) is 4.11. The average Bonchev–Trinajstić information content (AvgIpc) is 3.26. The molecule has 166 valence electrons. The van der Waals surface area contributed by atoms with Crippen LogP contribution in [0.1, 0.15) is 31.4 Å². The molecule has 0 aliphatic heterocycles. The Balaban J connectivity index is 1.63. The third-order valence-electron chi connectivity index (χ3n) is 4.46. The third kappa shape index (κ3) is 4.14. The fourth-order valence-electron chi connectivity index (χ4n) is 3.18. The van der Waals surface area contributed by atoms with E-state index in [1.165, 1.54) is 12.1 Å². The fourth-order valence-corrected chi connectivity index (χ4v) is 3.74. The van der Waals surface area contributed by atoms with Crippen LogP contribution < -0.4 is 21.5 Å². The molecule has 0 unspecified atom stereocenters. The van der Waals surface area contributed by atoms with Crippen molar-refractivity contribution in [2.45, 2.75) is 26.3 Å². The van der Waals surface area contributed by atoms with Crippen LogP contribution in [0.15, 0.2) is 44.4 Å². The fraction of sp³-hybridized carbons (Fsp3) is 0.200. The van der Waals surface area contributed by atoms with Crippen LogP contribution in [-0.2, 0) is 5.54 Å². The zero-order valence-electron chi connectivity index (χ0n) is 17.1. The lowest BCUT2D eigenvalue weighted by Gasteiger charge is -2.21. The van der Waals surface area contributed by atoms with Crippen LogP contribution in [-0.4, -0.2) is 25.6 Å².